The Labute approximate surface area is 326 Å². The highest BCUT2D eigenvalue weighted by Gasteiger charge is 2.33. The highest BCUT2D eigenvalue weighted by atomic mass is 16.7. The van der Waals surface area contributed by atoms with Gasteiger partial charge >= 0.3 is 24.2 Å². The van der Waals surface area contributed by atoms with E-state index in [9.17, 15) is 19.2 Å². The summed E-state index contributed by atoms with van der Waals surface area (Å²) in [5.74, 6) is 0.759. The smallest absolute Gasteiger partial charge is 0.463 e. The molecule has 0 atom stereocenters. The third kappa shape index (κ3) is 16.8. The summed E-state index contributed by atoms with van der Waals surface area (Å²) in [7, 11) is 0. The molecule has 302 valence electrons. The fraction of sp³-hybridized carbons (Fsp3) is 0.429. The zero-order valence-corrected chi connectivity index (χ0v) is 31.7. The number of ether oxygens (including phenoxy) is 10. The van der Waals surface area contributed by atoms with E-state index >= 15 is 0 Å². The molecule has 14 heteroatoms. The quantitative estimate of drug-likeness (QED) is 0.0154. The van der Waals surface area contributed by atoms with Crippen LogP contribution in [0.1, 0.15) is 68.6 Å². The van der Waals surface area contributed by atoms with Crippen LogP contribution >= 0.6 is 0 Å². The lowest BCUT2D eigenvalue weighted by Gasteiger charge is -2.37. The fourth-order valence-electron chi connectivity index (χ4n) is 5.06. The van der Waals surface area contributed by atoms with E-state index in [0.29, 0.717) is 42.4 Å². The summed E-state index contributed by atoms with van der Waals surface area (Å²) in [6, 6.07) is 18.7. The number of carbonyl (C=O) groups is 4. The molecule has 56 heavy (non-hydrogen) atoms. The summed E-state index contributed by atoms with van der Waals surface area (Å²) in [5, 5.41) is 0. The van der Waals surface area contributed by atoms with Gasteiger partial charge in [0.05, 0.1) is 45.2 Å². The van der Waals surface area contributed by atoms with Crippen LogP contribution in [0.15, 0.2) is 85.5 Å². The average molecular weight is 779 g/mol. The van der Waals surface area contributed by atoms with Gasteiger partial charge in [-0.1, -0.05) is 19.9 Å². The Morgan fingerprint density at radius 2 is 1.02 bits per heavy atom. The number of benzene rings is 3. The van der Waals surface area contributed by atoms with Crippen molar-refractivity contribution in [3.8, 4) is 28.7 Å². The molecule has 0 aliphatic carbocycles. The first-order valence-corrected chi connectivity index (χ1v) is 18.6. The standard InChI is InChI=1S/C42H50O14/c1-3-38(43)49-25-9-6-7-11-27-50-40(45)55-36-14-12-32(13-15-36)39(44)54-35-20-16-33(17-21-35)52-31-53-34-18-22-37(23-19-34)56-41(46)51-26-10-5-4-8-24-47-28-42(2)29-48-30-42/h3,12-23H,1,4-11,24-31H2,2H3. The van der Waals surface area contributed by atoms with Crippen LogP contribution in [0.2, 0.25) is 0 Å². The van der Waals surface area contributed by atoms with Crippen molar-refractivity contribution in [3.63, 3.8) is 0 Å². The molecule has 0 saturated carbocycles. The maximum Gasteiger partial charge on any atom is 0.513 e. The normalized spacial score (nSPS) is 12.7. The second-order valence-electron chi connectivity index (χ2n) is 13.2. The lowest BCUT2D eigenvalue weighted by molar-refractivity contribution is -0.138. The number of hydrogen-bond acceptors (Lipinski definition) is 14. The Balaban J connectivity index is 1.02. The third-order valence-electron chi connectivity index (χ3n) is 8.23. The summed E-state index contributed by atoms with van der Waals surface area (Å²) >= 11 is 0. The van der Waals surface area contributed by atoms with Crippen molar-refractivity contribution in [1.82, 2.24) is 0 Å². The Kier molecular flexibility index (Phi) is 18.5. The van der Waals surface area contributed by atoms with Gasteiger partial charge in [0, 0.05) is 18.1 Å². The molecule has 0 N–H and O–H groups in total. The molecule has 0 spiro atoms. The van der Waals surface area contributed by atoms with Crippen molar-refractivity contribution in [2.75, 3.05) is 53.0 Å². The van der Waals surface area contributed by atoms with E-state index in [4.69, 9.17) is 47.4 Å². The molecule has 1 heterocycles. The Morgan fingerprint density at radius 3 is 1.48 bits per heavy atom. The van der Waals surface area contributed by atoms with E-state index in [1.807, 2.05) is 0 Å². The number of hydrogen-bond donors (Lipinski definition) is 0. The molecule has 1 aliphatic rings. The minimum atomic E-state index is -0.852. The van der Waals surface area contributed by atoms with Gasteiger partial charge in [-0.05, 0) is 118 Å². The second kappa shape index (κ2) is 24.0. The van der Waals surface area contributed by atoms with Crippen LogP contribution in [-0.2, 0) is 28.5 Å². The minimum absolute atomic E-state index is 0.0968. The summed E-state index contributed by atoms with van der Waals surface area (Å²) in [5.41, 5.74) is 0.421. The van der Waals surface area contributed by atoms with Gasteiger partial charge in [0.2, 0.25) is 6.79 Å². The molecule has 4 rings (SSSR count). The monoisotopic (exact) mass is 778 g/mol. The van der Waals surface area contributed by atoms with Gasteiger partial charge in [0.15, 0.2) is 0 Å². The molecular formula is C42H50O14. The number of rotatable bonds is 25. The van der Waals surface area contributed by atoms with Gasteiger partial charge in [-0.15, -0.1) is 0 Å². The first-order chi connectivity index (χ1) is 27.2. The van der Waals surface area contributed by atoms with Crippen molar-refractivity contribution in [2.45, 2.75) is 58.3 Å². The van der Waals surface area contributed by atoms with Gasteiger partial charge < -0.3 is 47.4 Å². The maximum atomic E-state index is 12.6. The summed E-state index contributed by atoms with van der Waals surface area (Å²) in [6.45, 7) is 9.18. The summed E-state index contributed by atoms with van der Waals surface area (Å²) in [4.78, 5) is 47.6. The third-order valence-corrected chi connectivity index (χ3v) is 8.23. The molecule has 1 fully saturated rings. The van der Waals surface area contributed by atoms with Gasteiger partial charge in [-0.25, -0.2) is 19.2 Å². The van der Waals surface area contributed by atoms with Crippen molar-refractivity contribution >= 4 is 24.2 Å². The van der Waals surface area contributed by atoms with Gasteiger partial charge in [-0.2, -0.15) is 0 Å². The van der Waals surface area contributed by atoms with E-state index in [2.05, 4.69) is 13.5 Å². The Morgan fingerprint density at radius 1 is 0.589 bits per heavy atom. The Bertz CT molecular complexity index is 1650. The lowest BCUT2D eigenvalue weighted by atomic mass is 9.90. The van der Waals surface area contributed by atoms with Crippen LogP contribution in [-0.4, -0.2) is 77.3 Å². The van der Waals surface area contributed by atoms with Crippen LogP contribution in [0, 0.1) is 5.41 Å². The highest BCUT2D eigenvalue weighted by molar-refractivity contribution is 5.91. The fourth-order valence-corrected chi connectivity index (χ4v) is 5.06. The molecule has 0 unspecified atom stereocenters. The van der Waals surface area contributed by atoms with Crippen molar-refractivity contribution in [1.29, 1.82) is 0 Å². The van der Waals surface area contributed by atoms with E-state index < -0.39 is 24.2 Å². The predicted octanol–water partition coefficient (Wildman–Crippen LogP) is 8.26. The largest absolute Gasteiger partial charge is 0.513 e. The van der Waals surface area contributed by atoms with E-state index in [1.165, 1.54) is 24.3 Å². The van der Waals surface area contributed by atoms with Crippen LogP contribution in [0.5, 0.6) is 28.7 Å². The molecule has 0 radical (unpaired) electrons. The summed E-state index contributed by atoms with van der Waals surface area (Å²) in [6.07, 6.45) is 6.11. The van der Waals surface area contributed by atoms with E-state index in [0.717, 1.165) is 71.0 Å². The molecule has 3 aromatic rings. The van der Waals surface area contributed by atoms with Crippen LogP contribution in [0.3, 0.4) is 0 Å². The molecule has 1 aliphatic heterocycles. The molecular weight excluding hydrogens is 728 g/mol. The number of unbranched alkanes of at least 4 members (excludes halogenated alkanes) is 6. The summed E-state index contributed by atoms with van der Waals surface area (Å²) < 4.78 is 53.1. The SMILES string of the molecule is C=CC(=O)OCCCCCCOC(=O)Oc1ccc(C(=O)Oc2ccc(OCOc3ccc(OC(=O)OCCCCCCOCC4(C)COC4)cc3)cc2)cc1. The maximum absolute atomic E-state index is 12.6. The van der Waals surface area contributed by atoms with Crippen molar-refractivity contribution in [2.24, 2.45) is 5.41 Å². The highest BCUT2D eigenvalue weighted by Crippen LogP contribution is 2.27. The zero-order valence-electron chi connectivity index (χ0n) is 31.7. The van der Waals surface area contributed by atoms with E-state index in [-0.39, 0.29) is 36.7 Å². The van der Waals surface area contributed by atoms with Crippen LogP contribution < -0.4 is 23.7 Å². The minimum Gasteiger partial charge on any atom is -0.463 e. The van der Waals surface area contributed by atoms with Crippen molar-refractivity contribution < 1.29 is 66.5 Å². The molecule has 0 aromatic heterocycles. The molecule has 3 aromatic carbocycles. The first kappa shape index (κ1) is 43.1. The molecule has 1 saturated heterocycles. The topological polar surface area (TPSA) is 161 Å². The Hall–Kier alpha value is -5.60. The van der Waals surface area contributed by atoms with Crippen LogP contribution in [0.4, 0.5) is 9.59 Å². The van der Waals surface area contributed by atoms with E-state index in [1.54, 1.807) is 48.5 Å². The van der Waals surface area contributed by atoms with Crippen LogP contribution in [0.25, 0.3) is 0 Å². The molecule has 0 amide bonds. The van der Waals surface area contributed by atoms with Gasteiger partial charge in [0.1, 0.15) is 28.7 Å². The molecule has 14 nitrogen and oxygen atoms in total. The first-order valence-electron chi connectivity index (χ1n) is 18.6. The predicted molar refractivity (Wildman–Crippen MR) is 202 cm³/mol. The molecule has 0 bridgehead atoms. The number of esters is 2. The van der Waals surface area contributed by atoms with Gasteiger partial charge in [-0.3, -0.25) is 0 Å². The second-order valence-corrected chi connectivity index (χ2v) is 13.2. The average Bonchev–Trinajstić information content (AvgIpc) is 3.19. The number of carbonyl (C=O) groups excluding carboxylic acids is 4. The zero-order chi connectivity index (χ0) is 39.9. The van der Waals surface area contributed by atoms with Gasteiger partial charge in [0.25, 0.3) is 0 Å². The lowest BCUT2D eigenvalue weighted by Crippen LogP contribution is -2.43. The van der Waals surface area contributed by atoms with Crippen molar-refractivity contribution in [3.05, 3.63) is 91.0 Å².